The van der Waals surface area contributed by atoms with Crippen molar-refractivity contribution in [3.05, 3.63) is 35.7 Å². The van der Waals surface area contributed by atoms with Gasteiger partial charge in [0.15, 0.2) is 21.5 Å². The molecule has 8 nitrogen and oxygen atoms in total. The highest BCUT2D eigenvalue weighted by molar-refractivity contribution is 7.90. The number of benzene rings is 1. The molecule has 4 rings (SSSR count). The lowest BCUT2D eigenvalue weighted by Gasteiger charge is -2.43. The molecule has 0 amide bonds. The van der Waals surface area contributed by atoms with E-state index in [0.717, 1.165) is 37.8 Å². The minimum atomic E-state index is -3.54. The first-order chi connectivity index (χ1) is 15.3. The normalized spacial score (nSPS) is 20.6. The highest BCUT2D eigenvalue weighted by Crippen LogP contribution is 2.30. The summed E-state index contributed by atoms with van der Waals surface area (Å²) in [6.45, 7) is 10.3. The number of tetrazole rings is 1. The van der Waals surface area contributed by atoms with Gasteiger partial charge in [-0.25, -0.2) is 13.1 Å². The molecule has 1 aliphatic heterocycles. The molecular formula is C23H36N6O2S. The zero-order valence-corrected chi connectivity index (χ0v) is 20.3. The van der Waals surface area contributed by atoms with Gasteiger partial charge in [0.25, 0.3) is 0 Å². The molecule has 1 unspecified atom stereocenters. The largest absolute Gasteiger partial charge is 0.298 e. The van der Waals surface area contributed by atoms with Gasteiger partial charge in [0.05, 0.1) is 10.9 Å². The van der Waals surface area contributed by atoms with Crippen molar-refractivity contribution in [2.75, 3.05) is 26.2 Å². The number of piperazine rings is 1. The molecular weight excluding hydrogens is 424 g/mol. The molecule has 9 heteroatoms. The molecule has 1 atom stereocenters. The smallest absolute Gasteiger partial charge is 0.198 e. The van der Waals surface area contributed by atoms with E-state index in [2.05, 4.69) is 39.2 Å². The van der Waals surface area contributed by atoms with Crippen LogP contribution in [0.15, 0.2) is 29.2 Å². The maximum atomic E-state index is 13.0. The van der Waals surface area contributed by atoms with Crippen LogP contribution in [-0.2, 0) is 15.7 Å². The van der Waals surface area contributed by atoms with Gasteiger partial charge in [-0.15, -0.1) is 5.10 Å². The Kier molecular flexibility index (Phi) is 7.27. The highest BCUT2D eigenvalue weighted by Gasteiger charge is 2.34. The maximum Gasteiger partial charge on any atom is 0.198 e. The second-order valence-corrected chi connectivity index (χ2v) is 11.6. The molecule has 2 aliphatic rings. The van der Waals surface area contributed by atoms with E-state index in [4.69, 9.17) is 0 Å². The fourth-order valence-electron chi connectivity index (χ4n) is 5.21. The minimum absolute atomic E-state index is 0.00766. The predicted octanol–water partition coefficient (Wildman–Crippen LogP) is 3.06. The lowest BCUT2D eigenvalue weighted by molar-refractivity contribution is 0.0396. The van der Waals surface area contributed by atoms with E-state index in [0.29, 0.717) is 10.7 Å². The molecule has 2 heterocycles. The summed E-state index contributed by atoms with van der Waals surface area (Å²) >= 11 is 0. The zero-order chi connectivity index (χ0) is 22.7. The van der Waals surface area contributed by atoms with Crippen molar-refractivity contribution in [2.24, 2.45) is 5.92 Å². The summed E-state index contributed by atoms with van der Waals surface area (Å²) in [5.74, 6) is 0.661. The van der Waals surface area contributed by atoms with Crippen LogP contribution in [0.1, 0.15) is 63.4 Å². The number of nitrogens with zero attached hydrogens (tertiary/aromatic N) is 6. The Morgan fingerprint density at radius 3 is 2.28 bits per heavy atom. The van der Waals surface area contributed by atoms with Crippen molar-refractivity contribution in [3.63, 3.8) is 0 Å². The molecule has 0 radical (unpaired) electrons. The Morgan fingerprint density at radius 2 is 1.66 bits per heavy atom. The van der Waals surface area contributed by atoms with E-state index < -0.39 is 9.84 Å². The summed E-state index contributed by atoms with van der Waals surface area (Å²) in [6.07, 6.45) is 6.72. The molecule has 0 spiro atoms. The molecule has 0 bridgehead atoms. The van der Waals surface area contributed by atoms with Gasteiger partial charge in [0.2, 0.25) is 0 Å². The fourth-order valence-corrected chi connectivity index (χ4v) is 6.41. The van der Waals surface area contributed by atoms with Crippen molar-refractivity contribution in [2.45, 2.75) is 75.7 Å². The van der Waals surface area contributed by atoms with Crippen LogP contribution in [0.4, 0.5) is 0 Å². The Hall–Kier alpha value is -1.84. The summed E-state index contributed by atoms with van der Waals surface area (Å²) in [7, 11) is -3.54. The third kappa shape index (κ3) is 5.21. The quantitative estimate of drug-likeness (QED) is 0.628. The second-order valence-electron chi connectivity index (χ2n) is 9.65. The topological polar surface area (TPSA) is 84.2 Å². The SMILES string of the molecule is Cc1ccc(S(=O)(=O)Cn2nnnc2C(C(C)C)N2CCN(C3CCCCC3)CC2)cc1. The average molecular weight is 461 g/mol. The molecule has 2 fully saturated rings. The fraction of sp³-hybridized carbons (Fsp3) is 0.696. The molecule has 1 aromatic heterocycles. The van der Waals surface area contributed by atoms with Gasteiger partial charge < -0.3 is 0 Å². The van der Waals surface area contributed by atoms with Crippen molar-refractivity contribution in [1.82, 2.24) is 30.0 Å². The van der Waals surface area contributed by atoms with Gasteiger partial charge in [0, 0.05) is 32.2 Å². The van der Waals surface area contributed by atoms with E-state index in [1.54, 1.807) is 12.1 Å². The third-order valence-electron chi connectivity index (χ3n) is 6.96. The molecule has 176 valence electrons. The van der Waals surface area contributed by atoms with Crippen LogP contribution in [0.5, 0.6) is 0 Å². The van der Waals surface area contributed by atoms with Crippen molar-refractivity contribution < 1.29 is 8.42 Å². The van der Waals surface area contributed by atoms with E-state index in [1.807, 2.05) is 19.1 Å². The Balaban J connectivity index is 1.48. The lowest BCUT2D eigenvalue weighted by Crippen LogP contribution is -2.52. The summed E-state index contributed by atoms with van der Waals surface area (Å²) in [6, 6.07) is 7.66. The Labute approximate surface area is 191 Å². The number of aromatic nitrogens is 4. The first-order valence-corrected chi connectivity index (χ1v) is 13.5. The first kappa shape index (κ1) is 23.3. The van der Waals surface area contributed by atoms with Crippen LogP contribution in [0.2, 0.25) is 0 Å². The molecule has 1 aromatic carbocycles. The van der Waals surface area contributed by atoms with E-state index in [-0.39, 0.29) is 17.8 Å². The van der Waals surface area contributed by atoms with Gasteiger partial charge in [0.1, 0.15) is 0 Å². The van der Waals surface area contributed by atoms with Crippen molar-refractivity contribution >= 4 is 9.84 Å². The number of sulfone groups is 1. The molecule has 2 aromatic rings. The van der Waals surface area contributed by atoms with E-state index >= 15 is 0 Å². The molecule has 0 N–H and O–H groups in total. The standard InChI is InChI=1S/C23H36N6O2S/c1-18(2)22(28-15-13-27(14-16-28)20-7-5-4-6-8-20)23-24-25-26-29(23)17-32(30,31)21-11-9-19(3)10-12-21/h9-12,18,20,22H,4-8,13-17H2,1-3H3. The molecule has 1 saturated carbocycles. The van der Waals surface area contributed by atoms with E-state index in [9.17, 15) is 8.42 Å². The summed E-state index contributed by atoms with van der Waals surface area (Å²) in [4.78, 5) is 5.38. The number of rotatable bonds is 7. The van der Waals surface area contributed by atoms with Gasteiger partial charge in [-0.05, 0) is 48.2 Å². The van der Waals surface area contributed by atoms with Crippen molar-refractivity contribution in [3.8, 4) is 0 Å². The number of aryl methyl sites for hydroxylation is 1. The predicted molar refractivity (Wildman–Crippen MR) is 124 cm³/mol. The molecule has 1 aliphatic carbocycles. The first-order valence-electron chi connectivity index (χ1n) is 11.9. The number of hydrogen-bond acceptors (Lipinski definition) is 7. The lowest BCUT2D eigenvalue weighted by atomic mass is 9.93. The van der Waals surface area contributed by atoms with Gasteiger partial charge >= 0.3 is 0 Å². The summed E-state index contributed by atoms with van der Waals surface area (Å²) < 4.78 is 27.5. The average Bonchev–Trinajstić information content (AvgIpc) is 3.22. The van der Waals surface area contributed by atoms with Gasteiger partial charge in [-0.1, -0.05) is 50.8 Å². The Bertz CT molecular complexity index is 974. The second kappa shape index (κ2) is 9.97. The molecule has 32 heavy (non-hydrogen) atoms. The van der Waals surface area contributed by atoms with Gasteiger partial charge in [-0.2, -0.15) is 0 Å². The van der Waals surface area contributed by atoms with Gasteiger partial charge in [-0.3, -0.25) is 9.80 Å². The monoisotopic (exact) mass is 460 g/mol. The zero-order valence-electron chi connectivity index (χ0n) is 19.5. The highest BCUT2D eigenvalue weighted by atomic mass is 32.2. The summed E-state index contributed by atoms with van der Waals surface area (Å²) in [5, 5.41) is 12.2. The van der Waals surface area contributed by atoms with Crippen LogP contribution in [0.25, 0.3) is 0 Å². The Morgan fingerprint density at radius 1 is 1.00 bits per heavy atom. The number of hydrogen-bond donors (Lipinski definition) is 0. The van der Waals surface area contributed by atoms with Crippen LogP contribution in [-0.4, -0.2) is 70.6 Å². The third-order valence-corrected chi connectivity index (χ3v) is 8.54. The molecule has 1 saturated heterocycles. The maximum absolute atomic E-state index is 13.0. The van der Waals surface area contributed by atoms with Crippen molar-refractivity contribution in [1.29, 1.82) is 0 Å². The van der Waals surface area contributed by atoms with Crippen LogP contribution in [0.3, 0.4) is 0 Å². The van der Waals surface area contributed by atoms with Crippen LogP contribution < -0.4 is 0 Å². The van der Waals surface area contributed by atoms with E-state index in [1.165, 1.54) is 36.8 Å². The minimum Gasteiger partial charge on any atom is -0.298 e. The van der Waals surface area contributed by atoms with Crippen LogP contribution in [0, 0.1) is 12.8 Å². The summed E-state index contributed by atoms with van der Waals surface area (Å²) in [5.41, 5.74) is 1.03. The van der Waals surface area contributed by atoms with Crippen LogP contribution >= 0.6 is 0 Å².